The van der Waals surface area contributed by atoms with Crippen molar-refractivity contribution in [3.8, 4) is 0 Å². The van der Waals surface area contributed by atoms with Crippen molar-refractivity contribution in [2.45, 2.75) is 18.9 Å². The van der Waals surface area contributed by atoms with Gasteiger partial charge >= 0.3 is 5.69 Å². The van der Waals surface area contributed by atoms with Crippen LogP contribution in [0.1, 0.15) is 24.4 Å². The number of hydrogen-bond donors (Lipinski definition) is 1. The summed E-state index contributed by atoms with van der Waals surface area (Å²) in [7, 11) is 0. The van der Waals surface area contributed by atoms with Gasteiger partial charge in [-0.15, -0.1) is 12.4 Å². The van der Waals surface area contributed by atoms with Crippen molar-refractivity contribution in [3.05, 3.63) is 39.7 Å². The molecule has 0 bridgehead atoms. The lowest BCUT2D eigenvalue weighted by molar-refractivity contribution is -0.387. The fourth-order valence-electron chi connectivity index (χ4n) is 2.22. The summed E-state index contributed by atoms with van der Waals surface area (Å²) in [6.07, 6.45) is 1.65. The van der Waals surface area contributed by atoms with E-state index in [2.05, 4.69) is 0 Å². The molecule has 0 aromatic heterocycles. The number of nitro benzene ring substituents is 1. The molecule has 0 saturated carbocycles. The highest BCUT2D eigenvalue weighted by Crippen LogP contribution is 2.30. The molecule has 1 fully saturated rings. The van der Waals surface area contributed by atoms with E-state index in [0.29, 0.717) is 18.8 Å². The second kappa shape index (κ2) is 6.79. The molecule has 2 N–H and O–H groups in total. The van der Waals surface area contributed by atoms with Gasteiger partial charge in [0.1, 0.15) is 0 Å². The largest absolute Gasteiger partial charge is 0.381 e. The van der Waals surface area contributed by atoms with Gasteiger partial charge in [-0.25, -0.2) is 0 Å². The Hall–Kier alpha value is -1.24. The molecular weight excluding hydrogens is 275 g/mol. The van der Waals surface area contributed by atoms with Crippen LogP contribution in [0.15, 0.2) is 18.2 Å². The second-order valence-electron chi connectivity index (χ2n) is 4.44. The van der Waals surface area contributed by atoms with E-state index < -0.39 is 16.4 Å². The van der Waals surface area contributed by atoms with E-state index in [-0.39, 0.29) is 24.4 Å². The number of nitrogens with two attached hydrogens (primary N) is 1. The van der Waals surface area contributed by atoms with E-state index in [1.165, 1.54) is 12.1 Å². The topological polar surface area (TPSA) is 78.4 Å². The first-order valence-corrected chi connectivity index (χ1v) is 5.86. The molecule has 0 aliphatic carbocycles. The molecule has 5 nitrogen and oxygen atoms in total. The minimum atomic E-state index is -0.831. The van der Waals surface area contributed by atoms with Crippen LogP contribution < -0.4 is 5.73 Å². The quantitative estimate of drug-likeness (QED) is 0.685. The number of benzene rings is 1. The minimum Gasteiger partial charge on any atom is -0.381 e. The number of nitro groups is 1. The van der Waals surface area contributed by atoms with Gasteiger partial charge in [-0.3, -0.25) is 10.1 Å². The fourth-order valence-corrected chi connectivity index (χ4v) is 2.22. The molecule has 2 rings (SSSR count). The number of ether oxygens (including phenoxy) is 1. The predicted molar refractivity (Wildman–Crippen MR) is 70.8 cm³/mol. The summed E-state index contributed by atoms with van der Waals surface area (Å²) in [5.41, 5.74) is 6.18. The first-order chi connectivity index (χ1) is 8.59. The van der Waals surface area contributed by atoms with Gasteiger partial charge in [0, 0.05) is 25.3 Å². The molecule has 0 amide bonds. The predicted octanol–water partition coefficient (Wildman–Crippen LogP) is 2.58. The number of rotatable bonds is 3. The molecule has 0 unspecified atom stereocenters. The molecule has 0 spiro atoms. The zero-order chi connectivity index (χ0) is 13.1. The Bertz CT molecular complexity index is 453. The molecule has 1 aromatic carbocycles. The van der Waals surface area contributed by atoms with Crippen molar-refractivity contribution < 1.29 is 14.1 Å². The highest BCUT2D eigenvalue weighted by atomic mass is 35.5. The van der Waals surface area contributed by atoms with Crippen molar-refractivity contribution in [1.82, 2.24) is 0 Å². The average molecular weight is 291 g/mol. The Labute approximate surface area is 116 Å². The summed E-state index contributed by atoms with van der Waals surface area (Å²) in [6.45, 7) is 1.31. The van der Waals surface area contributed by atoms with Gasteiger partial charge in [-0.2, -0.15) is 4.39 Å². The minimum absolute atomic E-state index is 0. The smallest absolute Gasteiger partial charge is 0.305 e. The van der Waals surface area contributed by atoms with Gasteiger partial charge in [0.25, 0.3) is 0 Å². The first-order valence-electron chi connectivity index (χ1n) is 5.86. The highest BCUT2D eigenvalue weighted by molar-refractivity contribution is 5.85. The van der Waals surface area contributed by atoms with Gasteiger partial charge in [-0.05, 0) is 30.4 Å². The van der Waals surface area contributed by atoms with E-state index in [1.807, 2.05) is 0 Å². The standard InChI is InChI=1S/C12H15FN2O3.ClH/c13-10-2-1-9(7-11(10)15(16)17)12(14)8-3-5-18-6-4-8;/h1-2,7-8,12H,3-6,14H2;1H/t12-;/m0./s1. The number of nitrogens with zero attached hydrogens (tertiary/aromatic N) is 1. The van der Waals surface area contributed by atoms with Crippen LogP contribution in [0.3, 0.4) is 0 Å². The third kappa shape index (κ3) is 3.62. The zero-order valence-corrected chi connectivity index (χ0v) is 11.1. The van der Waals surface area contributed by atoms with E-state index in [4.69, 9.17) is 10.5 Å². The highest BCUT2D eigenvalue weighted by Gasteiger charge is 2.24. The molecule has 106 valence electrons. The van der Waals surface area contributed by atoms with Gasteiger partial charge < -0.3 is 10.5 Å². The molecule has 1 atom stereocenters. The number of hydrogen-bond acceptors (Lipinski definition) is 4. The summed E-state index contributed by atoms with van der Waals surface area (Å²) in [5.74, 6) is -0.605. The Kier molecular flexibility index (Phi) is 5.65. The zero-order valence-electron chi connectivity index (χ0n) is 10.3. The molecule has 7 heteroatoms. The molecule has 1 aliphatic heterocycles. The second-order valence-corrected chi connectivity index (χ2v) is 4.44. The maximum Gasteiger partial charge on any atom is 0.305 e. The van der Waals surface area contributed by atoms with Crippen LogP contribution in [0.2, 0.25) is 0 Å². The lowest BCUT2D eigenvalue weighted by Gasteiger charge is -2.27. The van der Waals surface area contributed by atoms with Crippen molar-refractivity contribution in [2.75, 3.05) is 13.2 Å². The van der Waals surface area contributed by atoms with E-state index in [1.54, 1.807) is 0 Å². The molecule has 19 heavy (non-hydrogen) atoms. The van der Waals surface area contributed by atoms with Crippen LogP contribution in [0, 0.1) is 21.8 Å². The maximum absolute atomic E-state index is 13.2. The van der Waals surface area contributed by atoms with Crippen LogP contribution in [0.25, 0.3) is 0 Å². The van der Waals surface area contributed by atoms with Crippen molar-refractivity contribution in [2.24, 2.45) is 11.7 Å². The van der Waals surface area contributed by atoms with Crippen LogP contribution in [0.4, 0.5) is 10.1 Å². The van der Waals surface area contributed by atoms with Crippen molar-refractivity contribution >= 4 is 18.1 Å². The third-order valence-electron chi connectivity index (χ3n) is 3.33. The molecule has 1 aliphatic rings. The summed E-state index contributed by atoms with van der Waals surface area (Å²) >= 11 is 0. The molecule has 0 radical (unpaired) electrons. The Morgan fingerprint density at radius 2 is 2.05 bits per heavy atom. The van der Waals surface area contributed by atoms with Gasteiger partial charge in [-0.1, -0.05) is 6.07 Å². The van der Waals surface area contributed by atoms with Crippen LogP contribution in [-0.2, 0) is 4.74 Å². The van der Waals surface area contributed by atoms with Gasteiger partial charge in [0.2, 0.25) is 5.82 Å². The summed E-state index contributed by atoms with van der Waals surface area (Å²) < 4.78 is 18.5. The van der Waals surface area contributed by atoms with Gasteiger partial charge in [0.05, 0.1) is 4.92 Å². The lowest BCUT2D eigenvalue weighted by Crippen LogP contribution is -2.27. The normalized spacial score (nSPS) is 17.6. The molecule has 1 aromatic rings. The van der Waals surface area contributed by atoms with Crippen LogP contribution >= 0.6 is 12.4 Å². The van der Waals surface area contributed by atoms with Gasteiger partial charge in [0.15, 0.2) is 0 Å². The number of halogens is 2. The first kappa shape index (κ1) is 15.8. The van der Waals surface area contributed by atoms with E-state index in [9.17, 15) is 14.5 Å². The Balaban J connectivity index is 0.00000180. The van der Waals surface area contributed by atoms with Crippen molar-refractivity contribution in [1.29, 1.82) is 0 Å². The average Bonchev–Trinajstić information content (AvgIpc) is 2.39. The molecular formula is C12H16ClFN2O3. The maximum atomic E-state index is 13.2. The van der Waals surface area contributed by atoms with E-state index >= 15 is 0 Å². The van der Waals surface area contributed by atoms with Crippen LogP contribution in [-0.4, -0.2) is 18.1 Å². The third-order valence-corrected chi connectivity index (χ3v) is 3.33. The summed E-state index contributed by atoms with van der Waals surface area (Å²) in [5, 5.41) is 10.7. The monoisotopic (exact) mass is 290 g/mol. The summed E-state index contributed by atoms with van der Waals surface area (Å²) in [4.78, 5) is 9.95. The van der Waals surface area contributed by atoms with E-state index in [0.717, 1.165) is 18.9 Å². The SMILES string of the molecule is Cl.N[C@H](c1ccc(F)c([N+](=O)[O-])c1)C1CCOCC1. The Morgan fingerprint density at radius 1 is 1.42 bits per heavy atom. The molecule has 1 saturated heterocycles. The van der Waals surface area contributed by atoms with Crippen LogP contribution in [0.5, 0.6) is 0 Å². The Morgan fingerprint density at radius 3 is 2.63 bits per heavy atom. The fraction of sp³-hybridized carbons (Fsp3) is 0.500. The van der Waals surface area contributed by atoms with Crippen molar-refractivity contribution in [3.63, 3.8) is 0 Å². The lowest BCUT2D eigenvalue weighted by atomic mass is 9.87. The summed E-state index contributed by atoms with van der Waals surface area (Å²) in [6, 6.07) is 3.54. The molecule has 1 heterocycles.